The minimum absolute atomic E-state index is 0.245. The quantitative estimate of drug-likeness (QED) is 0.645. The Bertz CT molecular complexity index is 997. The molecule has 26 heavy (non-hydrogen) atoms. The molecule has 1 aromatic heterocycles. The summed E-state index contributed by atoms with van der Waals surface area (Å²) < 4.78 is 0. The van der Waals surface area contributed by atoms with Gasteiger partial charge in [0, 0.05) is 23.3 Å². The number of carbonyl (C=O) groups excluding carboxylic acids is 1. The second kappa shape index (κ2) is 7.87. The monoisotopic (exact) mass is 382 g/mol. The molecule has 0 saturated carbocycles. The normalized spacial score (nSPS) is 10.0. The van der Waals surface area contributed by atoms with E-state index in [9.17, 15) is 4.79 Å². The highest BCUT2D eigenvalue weighted by Crippen LogP contribution is 2.25. The first-order valence-corrected chi connectivity index (χ1v) is 8.30. The van der Waals surface area contributed by atoms with Gasteiger partial charge in [-0.25, -0.2) is 0 Å². The average molecular weight is 383 g/mol. The zero-order valence-corrected chi connectivity index (χ0v) is 14.8. The highest BCUT2D eigenvalue weighted by Gasteiger charge is 2.10. The highest BCUT2D eigenvalue weighted by molar-refractivity contribution is 6.42. The van der Waals surface area contributed by atoms with Crippen molar-refractivity contribution in [1.82, 2.24) is 4.98 Å². The van der Waals surface area contributed by atoms with Crippen molar-refractivity contribution >= 4 is 46.2 Å². The Hall–Kier alpha value is -3.07. The van der Waals surface area contributed by atoms with E-state index in [4.69, 9.17) is 28.5 Å². The number of hydrogen-bond donors (Lipinski definition) is 2. The fraction of sp³-hybridized carbons (Fsp3) is 0. The number of nitrogens with one attached hydrogen (secondary N) is 2. The minimum Gasteiger partial charge on any atom is -0.355 e. The summed E-state index contributed by atoms with van der Waals surface area (Å²) in [5.41, 5.74) is 2.84. The van der Waals surface area contributed by atoms with Crippen LogP contribution in [0.4, 0.5) is 17.1 Å². The average Bonchev–Trinajstić information content (AvgIpc) is 2.65. The largest absolute Gasteiger partial charge is 0.355 e. The Morgan fingerprint density at radius 2 is 1.65 bits per heavy atom. The molecule has 7 heteroatoms. The molecule has 2 aromatic carbocycles. The molecule has 0 aliphatic heterocycles. The molecule has 0 atom stereocenters. The van der Waals surface area contributed by atoms with Crippen LogP contribution in [0, 0.1) is 11.3 Å². The van der Waals surface area contributed by atoms with Gasteiger partial charge in [0.05, 0.1) is 21.7 Å². The lowest BCUT2D eigenvalue weighted by Gasteiger charge is -2.09. The van der Waals surface area contributed by atoms with Gasteiger partial charge in [-0.2, -0.15) is 5.26 Å². The number of rotatable bonds is 4. The van der Waals surface area contributed by atoms with E-state index >= 15 is 0 Å². The number of carbonyl (C=O) groups is 1. The fourth-order valence-electron chi connectivity index (χ4n) is 2.20. The Morgan fingerprint density at radius 3 is 2.35 bits per heavy atom. The van der Waals surface area contributed by atoms with Gasteiger partial charge in [0.2, 0.25) is 0 Å². The number of amides is 1. The first-order chi connectivity index (χ1) is 12.5. The number of nitrogens with zero attached hydrogens (tertiary/aromatic N) is 2. The first-order valence-electron chi connectivity index (χ1n) is 7.55. The van der Waals surface area contributed by atoms with Crippen molar-refractivity contribution in [3.8, 4) is 6.07 Å². The molecule has 0 aliphatic carbocycles. The van der Waals surface area contributed by atoms with Gasteiger partial charge in [0.1, 0.15) is 5.69 Å². The molecule has 128 valence electrons. The number of anilines is 3. The van der Waals surface area contributed by atoms with Crippen molar-refractivity contribution in [2.45, 2.75) is 0 Å². The van der Waals surface area contributed by atoms with Crippen LogP contribution in [0.1, 0.15) is 16.1 Å². The van der Waals surface area contributed by atoms with E-state index in [0.29, 0.717) is 27.0 Å². The van der Waals surface area contributed by atoms with E-state index in [1.54, 1.807) is 54.6 Å². The van der Waals surface area contributed by atoms with Gasteiger partial charge in [-0.05, 0) is 54.6 Å². The molecule has 0 aliphatic rings. The van der Waals surface area contributed by atoms with Gasteiger partial charge in [0.25, 0.3) is 5.91 Å². The number of nitriles is 1. The number of halogens is 2. The van der Waals surface area contributed by atoms with Crippen molar-refractivity contribution < 1.29 is 4.79 Å². The lowest BCUT2D eigenvalue weighted by molar-refractivity contribution is 0.102. The number of pyridine rings is 1. The summed E-state index contributed by atoms with van der Waals surface area (Å²) in [5.74, 6) is -0.369. The minimum atomic E-state index is -0.369. The molecular weight excluding hydrogens is 371 g/mol. The Balaban J connectivity index is 1.74. The van der Waals surface area contributed by atoms with Crippen molar-refractivity contribution in [2.24, 2.45) is 0 Å². The summed E-state index contributed by atoms with van der Waals surface area (Å²) in [7, 11) is 0. The lowest BCUT2D eigenvalue weighted by Crippen LogP contribution is -2.13. The number of aromatic nitrogens is 1. The summed E-state index contributed by atoms with van der Waals surface area (Å²) >= 11 is 11.8. The van der Waals surface area contributed by atoms with Crippen molar-refractivity contribution in [1.29, 1.82) is 5.26 Å². The van der Waals surface area contributed by atoms with Crippen LogP contribution in [0.2, 0.25) is 10.0 Å². The lowest BCUT2D eigenvalue weighted by atomic mass is 10.2. The molecule has 1 amide bonds. The summed E-state index contributed by atoms with van der Waals surface area (Å²) in [4.78, 5) is 16.5. The number of hydrogen-bond acceptors (Lipinski definition) is 4. The van der Waals surface area contributed by atoms with Crippen LogP contribution < -0.4 is 10.6 Å². The van der Waals surface area contributed by atoms with E-state index in [-0.39, 0.29) is 11.6 Å². The molecule has 1 heterocycles. The van der Waals surface area contributed by atoms with Gasteiger partial charge in [-0.15, -0.1) is 0 Å². The third kappa shape index (κ3) is 4.31. The fourth-order valence-corrected chi connectivity index (χ4v) is 2.49. The van der Waals surface area contributed by atoms with Gasteiger partial charge >= 0.3 is 0 Å². The molecule has 0 saturated heterocycles. The van der Waals surface area contributed by atoms with E-state index in [2.05, 4.69) is 21.7 Å². The van der Waals surface area contributed by atoms with Crippen molar-refractivity contribution in [3.05, 3.63) is 82.1 Å². The Morgan fingerprint density at radius 1 is 0.923 bits per heavy atom. The van der Waals surface area contributed by atoms with Crippen LogP contribution in [0.5, 0.6) is 0 Å². The molecule has 0 radical (unpaired) electrons. The first kappa shape index (κ1) is 17.7. The van der Waals surface area contributed by atoms with E-state index in [1.807, 2.05) is 0 Å². The standard InChI is InChI=1S/C19H12Cl2N4O/c20-16-6-5-14(9-17(16)21)25-19(26)18-10-15(7-8-23-18)24-13-3-1-12(11-22)2-4-13/h1-10H,(H,23,24)(H,25,26). The van der Waals surface area contributed by atoms with Crippen LogP contribution in [-0.4, -0.2) is 10.9 Å². The zero-order chi connectivity index (χ0) is 18.5. The van der Waals surface area contributed by atoms with Crippen LogP contribution in [0.25, 0.3) is 0 Å². The molecule has 0 spiro atoms. The van der Waals surface area contributed by atoms with E-state index in [0.717, 1.165) is 5.69 Å². The maximum Gasteiger partial charge on any atom is 0.274 e. The second-order valence-electron chi connectivity index (χ2n) is 5.33. The van der Waals surface area contributed by atoms with Crippen molar-refractivity contribution in [3.63, 3.8) is 0 Å². The Kier molecular flexibility index (Phi) is 5.37. The summed E-state index contributed by atoms with van der Waals surface area (Å²) in [6.07, 6.45) is 1.54. The summed E-state index contributed by atoms with van der Waals surface area (Å²) in [5, 5.41) is 15.5. The van der Waals surface area contributed by atoms with Gasteiger partial charge in [-0.3, -0.25) is 9.78 Å². The number of benzene rings is 2. The third-order valence-electron chi connectivity index (χ3n) is 3.47. The summed E-state index contributed by atoms with van der Waals surface area (Å²) in [6, 6.07) is 17.3. The maximum absolute atomic E-state index is 12.4. The molecule has 3 rings (SSSR count). The second-order valence-corrected chi connectivity index (χ2v) is 6.14. The molecular formula is C19H12Cl2N4O. The maximum atomic E-state index is 12.4. The molecule has 0 unspecified atom stereocenters. The molecule has 5 nitrogen and oxygen atoms in total. The highest BCUT2D eigenvalue weighted by atomic mass is 35.5. The third-order valence-corrected chi connectivity index (χ3v) is 4.21. The van der Waals surface area contributed by atoms with Gasteiger partial charge in [-0.1, -0.05) is 23.2 Å². The summed E-state index contributed by atoms with van der Waals surface area (Å²) in [6.45, 7) is 0. The SMILES string of the molecule is N#Cc1ccc(Nc2ccnc(C(=O)Nc3ccc(Cl)c(Cl)c3)c2)cc1. The van der Waals surface area contributed by atoms with Crippen LogP contribution in [-0.2, 0) is 0 Å². The Labute approximate surface area is 160 Å². The van der Waals surface area contributed by atoms with E-state index in [1.165, 1.54) is 6.20 Å². The van der Waals surface area contributed by atoms with E-state index < -0.39 is 0 Å². The van der Waals surface area contributed by atoms with Crippen molar-refractivity contribution in [2.75, 3.05) is 10.6 Å². The smallest absolute Gasteiger partial charge is 0.274 e. The van der Waals surface area contributed by atoms with Crippen LogP contribution in [0.3, 0.4) is 0 Å². The van der Waals surface area contributed by atoms with Crippen LogP contribution >= 0.6 is 23.2 Å². The topological polar surface area (TPSA) is 77.8 Å². The zero-order valence-electron chi connectivity index (χ0n) is 13.3. The van der Waals surface area contributed by atoms with Gasteiger partial charge < -0.3 is 10.6 Å². The van der Waals surface area contributed by atoms with Gasteiger partial charge in [0.15, 0.2) is 0 Å². The molecule has 2 N–H and O–H groups in total. The van der Waals surface area contributed by atoms with Crippen LogP contribution in [0.15, 0.2) is 60.8 Å². The molecule has 3 aromatic rings. The predicted octanol–water partition coefficient (Wildman–Crippen LogP) is 5.26. The predicted molar refractivity (Wildman–Crippen MR) is 103 cm³/mol. The molecule has 0 bridgehead atoms. The molecule has 0 fully saturated rings.